The fourth-order valence-corrected chi connectivity index (χ4v) is 12.0. The highest BCUT2D eigenvalue weighted by Gasteiger charge is 2.51. The minimum Gasteiger partial charge on any atom is -0.394 e. The van der Waals surface area contributed by atoms with Crippen molar-refractivity contribution in [3.05, 3.63) is 24.3 Å². The van der Waals surface area contributed by atoms with E-state index in [9.17, 15) is 45.6 Å². The second-order valence-corrected chi connectivity index (χ2v) is 25.4. The molecular formula is C70H133NO13. The first-order valence-electron chi connectivity index (χ1n) is 35.6. The first-order chi connectivity index (χ1) is 41.1. The van der Waals surface area contributed by atoms with Gasteiger partial charge in [0.15, 0.2) is 12.6 Å². The first-order valence-corrected chi connectivity index (χ1v) is 35.6. The van der Waals surface area contributed by atoms with E-state index < -0.39 is 86.8 Å². The van der Waals surface area contributed by atoms with E-state index in [1.807, 2.05) is 6.08 Å². The summed E-state index contributed by atoms with van der Waals surface area (Å²) in [6.07, 6.45) is 53.3. The third-order valence-electron chi connectivity index (χ3n) is 17.6. The zero-order chi connectivity index (χ0) is 60.9. The van der Waals surface area contributed by atoms with Gasteiger partial charge in [0, 0.05) is 6.42 Å². The number of unbranched alkanes of at least 4 members (excludes halogenated alkanes) is 44. The number of allylic oxidation sites excluding steroid dienone is 3. The monoisotopic (exact) mass is 1200 g/mol. The number of rotatable bonds is 59. The third-order valence-corrected chi connectivity index (χ3v) is 17.6. The molecule has 9 N–H and O–H groups in total. The molecule has 2 aliphatic rings. The average Bonchev–Trinajstić information content (AvgIpc) is 2.95. The molecule has 14 heteroatoms. The Kier molecular flexibility index (Phi) is 51.9. The van der Waals surface area contributed by atoms with Crippen LogP contribution < -0.4 is 5.32 Å². The molecule has 0 aromatic carbocycles. The average molecular weight is 1200 g/mol. The standard InChI is InChI=1S/C70H133NO13/c1-3-5-7-9-11-13-14-15-16-17-18-19-20-21-22-23-24-25-26-27-28-29-30-31-32-33-34-35-36-37-38-39-40-41-42-43-44-46-48-50-52-54-62(75)71-58(59(74)53-51-49-47-45-12-10-8-6-4-2)57-81-69-67(80)65(78)68(61(56-73)83-69)84-70-66(79)64(77)63(76)60(55-72)82-70/h12,45,51,53,58-61,63-70,72-74,76-80H,3-11,13-44,46-50,52,54-57H2,1-2H3,(H,71,75)/b45-12+,53-51+. The zero-order valence-electron chi connectivity index (χ0n) is 53.9. The van der Waals surface area contributed by atoms with Gasteiger partial charge in [-0.1, -0.05) is 308 Å². The lowest BCUT2D eigenvalue weighted by Crippen LogP contribution is -2.65. The minimum atomic E-state index is -1.79. The Morgan fingerprint density at radius 2 is 0.762 bits per heavy atom. The van der Waals surface area contributed by atoms with Crippen molar-refractivity contribution < 1.29 is 64.6 Å². The fourth-order valence-electron chi connectivity index (χ4n) is 12.0. The molecule has 0 radical (unpaired) electrons. The summed E-state index contributed by atoms with van der Waals surface area (Å²) in [6.45, 7) is 2.75. The van der Waals surface area contributed by atoms with Gasteiger partial charge in [-0.2, -0.15) is 0 Å². The molecule has 2 rings (SSSR count). The molecule has 0 aliphatic carbocycles. The van der Waals surface area contributed by atoms with Crippen LogP contribution in [0.15, 0.2) is 24.3 Å². The molecule has 1 amide bonds. The number of aliphatic hydroxyl groups is 8. The highest BCUT2D eigenvalue weighted by Crippen LogP contribution is 2.30. The van der Waals surface area contributed by atoms with E-state index in [1.165, 1.54) is 250 Å². The predicted molar refractivity (Wildman–Crippen MR) is 342 cm³/mol. The largest absolute Gasteiger partial charge is 0.394 e. The summed E-state index contributed by atoms with van der Waals surface area (Å²) >= 11 is 0. The summed E-state index contributed by atoms with van der Waals surface area (Å²) in [5, 5.41) is 86.9. The molecule has 2 saturated heterocycles. The van der Waals surface area contributed by atoms with Crippen LogP contribution in [0.4, 0.5) is 0 Å². The Bertz CT molecular complexity index is 1500. The van der Waals surface area contributed by atoms with E-state index in [2.05, 4.69) is 31.3 Å². The van der Waals surface area contributed by atoms with Crippen LogP contribution in [0, 0.1) is 0 Å². The summed E-state index contributed by atoms with van der Waals surface area (Å²) in [7, 11) is 0. The number of hydrogen-bond acceptors (Lipinski definition) is 13. The van der Waals surface area contributed by atoms with Crippen molar-refractivity contribution in [2.75, 3.05) is 19.8 Å². The molecule has 2 heterocycles. The molecule has 84 heavy (non-hydrogen) atoms. The summed E-state index contributed by atoms with van der Waals surface area (Å²) in [5.74, 6) is -0.246. The van der Waals surface area contributed by atoms with Crippen molar-refractivity contribution in [3.63, 3.8) is 0 Å². The van der Waals surface area contributed by atoms with Crippen LogP contribution in [0.2, 0.25) is 0 Å². The van der Waals surface area contributed by atoms with Crippen LogP contribution in [-0.2, 0) is 23.7 Å². The third kappa shape index (κ3) is 39.5. The molecule has 496 valence electrons. The number of nitrogens with one attached hydrogen (secondary N) is 1. The van der Waals surface area contributed by atoms with Crippen molar-refractivity contribution in [1.82, 2.24) is 5.32 Å². The van der Waals surface area contributed by atoms with Gasteiger partial charge in [0.25, 0.3) is 0 Å². The van der Waals surface area contributed by atoms with Crippen molar-refractivity contribution in [2.24, 2.45) is 0 Å². The number of carbonyl (C=O) groups is 1. The number of ether oxygens (including phenoxy) is 4. The van der Waals surface area contributed by atoms with Gasteiger partial charge in [0.05, 0.1) is 32.0 Å². The number of aliphatic hydroxyl groups excluding tert-OH is 8. The van der Waals surface area contributed by atoms with Gasteiger partial charge in [-0.15, -0.1) is 0 Å². The van der Waals surface area contributed by atoms with E-state index in [0.29, 0.717) is 12.8 Å². The Morgan fingerprint density at radius 3 is 1.17 bits per heavy atom. The molecule has 12 unspecified atom stereocenters. The number of amides is 1. The summed E-state index contributed by atoms with van der Waals surface area (Å²) in [4.78, 5) is 13.2. The molecule has 2 aliphatic heterocycles. The Morgan fingerprint density at radius 1 is 0.417 bits per heavy atom. The Labute approximate surface area is 513 Å². The van der Waals surface area contributed by atoms with E-state index in [4.69, 9.17) is 18.9 Å². The maximum Gasteiger partial charge on any atom is 0.220 e. The molecule has 0 bridgehead atoms. The van der Waals surface area contributed by atoms with Gasteiger partial charge in [-0.3, -0.25) is 4.79 Å². The van der Waals surface area contributed by atoms with E-state index >= 15 is 0 Å². The predicted octanol–water partition coefficient (Wildman–Crippen LogP) is 14.3. The molecule has 14 nitrogen and oxygen atoms in total. The fraction of sp³-hybridized carbons (Fsp3) is 0.929. The smallest absolute Gasteiger partial charge is 0.220 e. The number of carbonyl (C=O) groups excluding carboxylic acids is 1. The molecule has 2 fully saturated rings. The van der Waals surface area contributed by atoms with Crippen molar-refractivity contribution in [3.8, 4) is 0 Å². The van der Waals surface area contributed by atoms with Crippen LogP contribution >= 0.6 is 0 Å². The SMILES string of the molecule is CCCCC/C=C/CC/C=C/C(O)C(COC1OC(CO)C(OC2OC(CO)C(O)C(O)C2O)C(O)C1O)NC(=O)CCCCCCCCCCCCCCCCCCCCCCCCCCCCCCCCCCCCCCCCCCC. The lowest BCUT2D eigenvalue weighted by molar-refractivity contribution is -0.359. The Balaban J connectivity index is 1.48. The van der Waals surface area contributed by atoms with E-state index in [1.54, 1.807) is 6.08 Å². The van der Waals surface area contributed by atoms with Gasteiger partial charge in [-0.05, 0) is 32.1 Å². The first kappa shape index (κ1) is 78.6. The maximum absolute atomic E-state index is 13.2. The Hall–Kier alpha value is -1.53. The van der Waals surface area contributed by atoms with Crippen LogP contribution in [0.3, 0.4) is 0 Å². The summed E-state index contributed by atoms with van der Waals surface area (Å²) in [5.41, 5.74) is 0. The van der Waals surface area contributed by atoms with Crippen LogP contribution in [-0.4, -0.2) is 140 Å². The topological polar surface area (TPSA) is 228 Å². The number of hydrogen-bond donors (Lipinski definition) is 9. The van der Waals surface area contributed by atoms with Gasteiger partial charge >= 0.3 is 0 Å². The summed E-state index contributed by atoms with van der Waals surface area (Å²) in [6, 6.07) is -0.926. The molecule has 0 aromatic heterocycles. The van der Waals surface area contributed by atoms with Gasteiger partial charge in [-0.25, -0.2) is 0 Å². The second-order valence-electron chi connectivity index (χ2n) is 25.4. The van der Waals surface area contributed by atoms with Crippen LogP contribution in [0.5, 0.6) is 0 Å². The zero-order valence-corrected chi connectivity index (χ0v) is 53.9. The molecular weight excluding hydrogens is 1060 g/mol. The maximum atomic E-state index is 13.2. The second kappa shape index (κ2) is 55.5. The normalized spacial score (nSPS) is 23.7. The highest BCUT2D eigenvalue weighted by atomic mass is 16.7. The molecule has 0 saturated carbocycles. The van der Waals surface area contributed by atoms with Gasteiger partial charge < -0.3 is 65.1 Å². The van der Waals surface area contributed by atoms with Crippen molar-refractivity contribution in [1.29, 1.82) is 0 Å². The van der Waals surface area contributed by atoms with Crippen LogP contribution in [0.25, 0.3) is 0 Å². The van der Waals surface area contributed by atoms with Crippen LogP contribution in [0.1, 0.15) is 322 Å². The molecule has 12 atom stereocenters. The van der Waals surface area contributed by atoms with E-state index in [0.717, 1.165) is 38.5 Å². The van der Waals surface area contributed by atoms with Crippen molar-refractivity contribution in [2.45, 2.75) is 396 Å². The summed E-state index contributed by atoms with van der Waals surface area (Å²) < 4.78 is 22.7. The van der Waals surface area contributed by atoms with E-state index in [-0.39, 0.29) is 18.9 Å². The highest BCUT2D eigenvalue weighted by molar-refractivity contribution is 5.76. The van der Waals surface area contributed by atoms with Gasteiger partial charge in [0.2, 0.25) is 5.91 Å². The van der Waals surface area contributed by atoms with Gasteiger partial charge in [0.1, 0.15) is 48.8 Å². The molecule has 0 aromatic rings. The lowest BCUT2D eigenvalue weighted by atomic mass is 9.97. The minimum absolute atomic E-state index is 0.246. The molecule has 0 spiro atoms. The van der Waals surface area contributed by atoms with Crippen molar-refractivity contribution >= 4 is 5.91 Å². The quantitative estimate of drug-likeness (QED) is 0.0204. The lowest BCUT2D eigenvalue weighted by Gasteiger charge is -2.46.